The number of thioether (sulfide) groups is 1. The smallest absolute Gasteiger partial charge is 0.346 e. The monoisotopic (exact) mass is 320 g/mol. The topological polar surface area (TPSA) is 58.2 Å². The van der Waals surface area contributed by atoms with Gasteiger partial charge in [0.2, 0.25) is 11.8 Å². The first-order valence-electron chi connectivity index (χ1n) is 6.04. The fraction of sp³-hybridized carbons (Fsp3) is 0.385. The van der Waals surface area contributed by atoms with E-state index in [0.717, 1.165) is 17.3 Å². The van der Waals surface area contributed by atoms with Crippen LogP contribution in [0.3, 0.4) is 0 Å². The molecule has 0 aliphatic carbocycles. The summed E-state index contributed by atoms with van der Waals surface area (Å²) in [6, 6.07) is 7.20. The summed E-state index contributed by atoms with van der Waals surface area (Å²) in [6.45, 7) is 0.525. The Morgan fingerprint density at radius 3 is 2.48 bits per heavy atom. The van der Waals surface area contributed by atoms with Crippen LogP contribution in [0.25, 0.3) is 0 Å². The number of rotatable bonds is 6. The Morgan fingerprint density at radius 2 is 1.86 bits per heavy atom. The zero-order valence-corrected chi connectivity index (χ0v) is 12.1. The summed E-state index contributed by atoms with van der Waals surface area (Å²) in [5.41, 5.74) is 1.63. The van der Waals surface area contributed by atoms with Gasteiger partial charge in [-0.3, -0.25) is 9.59 Å². The zero-order valence-electron chi connectivity index (χ0n) is 11.3. The van der Waals surface area contributed by atoms with Crippen molar-refractivity contribution in [2.45, 2.75) is 13.1 Å². The second-order valence-corrected chi connectivity index (χ2v) is 5.29. The van der Waals surface area contributed by atoms with E-state index in [1.165, 1.54) is 0 Å². The summed E-state index contributed by atoms with van der Waals surface area (Å²) in [6.07, 6.45) is -4.43. The summed E-state index contributed by atoms with van der Waals surface area (Å²) in [7, 11) is 0. The number of carbonyl (C=O) groups is 2. The Balaban J connectivity index is 2.23. The van der Waals surface area contributed by atoms with E-state index in [2.05, 4.69) is 5.32 Å². The molecule has 0 unspecified atom stereocenters. The first-order valence-corrected chi connectivity index (χ1v) is 7.19. The zero-order chi connectivity index (χ0) is 15.9. The largest absolute Gasteiger partial charge is 0.405 e. The van der Waals surface area contributed by atoms with Crippen molar-refractivity contribution in [2.24, 2.45) is 0 Å². The predicted molar refractivity (Wildman–Crippen MR) is 76.2 cm³/mol. The minimum atomic E-state index is -4.43. The molecule has 0 atom stereocenters. The molecule has 0 spiro atoms. The first-order chi connectivity index (χ1) is 9.76. The number of halogens is 3. The molecule has 0 aromatic heterocycles. The molecule has 2 amide bonds. The molecule has 1 rings (SSSR count). The number of amides is 2. The summed E-state index contributed by atoms with van der Waals surface area (Å²) in [5.74, 6) is -1.26. The fourth-order valence-corrected chi connectivity index (χ4v) is 2.05. The molecule has 0 aliphatic heterocycles. The normalized spacial score (nSPS) is 11.0. The molecule has 21 heavy (non-hydrogen) atoms. The minimum Gasteiger partial charge on any atom is -0.346 e. The van der Waals surface area contributed by atoms with Crippen molar-refractivity contribution in [2.75, 3.05) is 23.4 Å². The Labute approximate surface area is 124 Å². The van der Waals surface area contributed by atoms with Crippen molar-refractivity contribution < 1.29 is 22.8 Å². The predicted octanol–water partition coefficient (Wildman–Crippen LogP) is 2.35. The van der Waals surface area contributed by atoms with Crippen LogP contribution < -0.4 is 10.6 Å². The van der Waals surface area contributed by atoms with Crippen LogP contribution in [-0.2, 0) is 9.59 Å². The molecule has 0 radical (unpaired) electrons. The van der Waals surface area contributed by atoms with E-state index in [1.807, 2.05) is 13.0 Å². The molecule has 0 bridgehead atoms. The average Bonchev–Trinajstić information content (AvgIpc) is 2.35. The molecule has 116 valence electrons. The third kappa shape index (κ3) is 8.23. The quantitative estimate of drug-likeness (QED) is 0.846. The van der Waals surface area contributed by atoms with Gasteiger partial charge in [0.15, 0.2) is 0 Å². The summed E-state index contributed by atoms with van der Waals surface area (Å²) in [5, 5.41) is 4.38. The molecule has 1 aromatic carbocycles. The number of hydrogen-bond donors (Lipinski definition) is 2. The van der Waals surface area contributed by atoms with E-state index >= 15 is 0 Å². The second-order valence-electron chi connectivity index (χ2n) is 4.30. The lowest BCUT2D eigenvalue weighted by Gasteiger charge is -2.08. The lowest BCUT2D eigenvalue weighted by molar-refractivity contribution is -0.136. The molecule has 2 N–H and O–H groups in total. The van der Waals surface area contributed by atoms with E-state index in [-0.39, 0.29) is 17.4 Å². The summed E-state index contributed by atoms with van der Waals surface area (Å²) in [4.78, 5) is 22.7. The van der Waals surface area contributed by atoms with Gasteiger partial charge in [-0.15, -0.1) is 11.8 Å². The van der Waals surface area contributed by atoms with E-state index in [1.54, 1.807) is 23.5 Å². The van der Waals surface area contributed by atoms with Gasteiger partial charge in [0.1, 0.15) is 6.54 Å². The Kier molecular flexibility index (Phi) is 6.54. The van der Waals surface area contributed by atoms with Gasteiger partial charge < -0.3 is 10.6 Å². The van der Waals surface area contributed by atoms with E-state index < -0.39 is 18.6 Å². The van der Waals surface area contributed by atoms with E-state index in [9.17, 15) is 22.8 Å². The van der Waals surface area contributed by atoms with Gasteiger partial charge in [0, 0.05) is 5.69 Å². The maximum Gasteiger partial charge on any atom is 0.405 e. The Hall–Kier alpha value is -1.70. The third-order valence-corrected chi connectivity index (χ3v) is 3.19. The van der Waals surface area contributed by atoms with Crippen LogP contribution in [0.4, 0.5) is 18.9 Å². The number of alkyl halides is 3. The van der Waals surface area contributed by atoms with Gasteiger partial charge in [-0.1, -0.05) is 12.1 Å². The summed E-state index contributed by atoms with van der Waals surface area (Å²) >= 11 is 0.952. The Bertz CT molecular complexity index is 506. The number of hydrogen-bond acceptors (Lipinski definition) is 3. The first kappa shape index (κ1) is 17.4. The van der Waals surface area contributed by atoms with Gasteiger partial charge in [0.25, 0.3) is 0 Å². The third-order valence-electron chi connectivity index (χ3n) is 2.25. The van der Waals surface area contributed by atoms with Crippen molar-refractivity contribution in [1.29, 1.82) is 0 Å². The maximum absolute atomic E-state index is 11.9. The van der Waals surface area contributed by atoms with Crippen molar-refractivity contribution in [3.05, 3.63) is 29.8 Å². The van der Waals surface area contributed by atoms with Gasteiger partial charge in [-0.25, -0.2) is 0 Å². The fourth-order valence-electron chi connectivity index (χ4n) is 1.41. The van der Waals surface area contributed by atoms with Gasteiger partial charge in [-0.05, 0) is 24.6 Å². The molecule has 0 saturated carbocycles. The van der Waals surface area contributed by atoms with Crippen molar-refractivity contribution in [3.63, 3.8) is 0 Å². The van der Waals surface area contributed by atoms with Crippen LogP contribution in [-0.4, -0.2) is 36.0 Å². The molecule has 0 heterocycles. The van der Waals surface area contributed by atoms with E-state index in [4.69, 9.17) is 0 Å². The van der Waals surface area contributed by atoms with Crippen LogP contribution >= 0.6 is 11.8 Å². The molecule has 1 aromatic rings. The van der Waals surface area contributed by atoms with Crippen molar-refractivity contribution in [1.82, 2.24) is 5.32 Å². The van der Waals surface area contributed by atoms with Crippen LogP contribution in [0.2, 0.25) is 0 Å². The maximum atomic E-state index is 11.9. The van der Waals surface area contributed by atoms with Crippen LogP contribution in [0.15, 0.2) is 24.3 Å². The lowest BCUT2D eigenvalue weighted by Crippen LogP contribution is -2.35. The number of benzene rings is 1. The highest BCUT2D eigenvalue weighted by atomic mass is 32.2. The highest BCUT2D eigenvalue weighted by molar-refractivity contribution is 8.00. The minimum absolute atomic E-state index is 0.00657. The van der Waals surface area contributed by atoms with Crippen LogP contribution in [0, 0.1) is 6.92 Å². The Morgan fingerprint density at radius 1 is 1.19 bits per heavy atom. The second kappa shape index (κ2) is 7.92. The number of anilines is 1. The van der Waals surface area contributed by atoms with Crippen LogP contribution in [0.1, 0.15) is 5.56 Å². The SMILES string of the molecule is Cc1cccc(NC(=O)CSCC(=O)NCC(F)(F)F)c1. The van der Waals surface area contributed by atoms with Crippen molar-refractivity contribution in [3.8, 4) is 0 Å². The number of carbonyl (C=O) groups excluding carboxylic acids is 2. The van der Waals surface area contributed by atoms with Gasteiger partial charge in [0.05, 0.1) is 11.5 Å². The van der Waals surface area contributed by atoms with Gasteiger partial charge in [-0.2, -0.15) is 13.2 Å². The van der Waals surface area contributed by atoms with E-state index in [0.29, 0.717) is 5.69 Å². The lowest BCUT2D eigenvalue weighted by atomic mass is 10.2. The average molecular weight is 320 g/mol. The highest BCUT2D eigenvalue weighted by Gasteiger charge is 2.27. The molecule has 8 heteroatoms. The van der Waals surface area contributed by atoms with Crippen molar-refractivity contribution >= 4 is 29.3 Å². The number of nitrogens with one attached hydrogen (secondary N) is 2. The molecular formula is C13H15F3N2O2S. The van der Waals surface area contributed by atoms with Crippen LogP contribution in [0.5, 0.6) is 0 Å². The molecule has 4 nitrogen and oxygen atoms in total. The molecular weight excluding hydrogens is 305 g/mol. The molecule has 0 fully saturated rings. The molecule has 0 aliphatic rings. The van der Waals surface area contributed by atoms with Gasteiger partial charge >= 0.3 is 6.18 Å². The highest BCUT2D eigenvalue weighted by Crippen LogP contribution is 2.13. The molecule has 0 saturated heterocycles. The number of aryl methyl sites for hydroxylation is 1. The summed E-state index contributed by atoms with van der Waals surface area (Å²) < 4.78 is 35.6. The standard InChI is InChI=1S/C13H15F3N2O2S/c1-9-3-2-4-10(5-9)18-12(20)7-21-6-11(19)17-8-13(14,15)16/h2-5H,6-8H2,1H3,(H,17,19)(H,18,20).